The minimum atomic E-state index is -0.295. The first-order valence-electron chi connectivity index (χ1n) is 14.1. The summed E-state index contributed by atoms with van der Waals surface area (Å²) in [5, 5.41) is 8.14. The van der Waals surface area contributed by atoms with Gasteiger partial charge in [0, 0.05) is 24.1 Å². The number of carbonyl (C=O) groups is 2. The summed E-state index contributed by atoms with van der Waals surface area (Å²) in [5.74, 6) is 0.664. The van der Waals surface area contributed by atoms with E-state index in [-0.39, 0.29) is 40.9 Å². The van der Waals surface area contributed by atoms with Gasteiger partial charge in [0.25, 0.3) is 0 Å². The van der Waals surface area contributed by atoms with Crippen LogP contribution in [0.3, 0.4) is 0 Å². The van der Waals surface area contributed by atoms with Crippen LogP contribution in [0.2, 0.25) is 0 Å². The van der Waals surface area contributed by atoms with E-state index in [1.165, 1.54) is 5.56 Å². The minimum Gasteiger partial charge on any atom is -0.376 e. The molecule has 2 atom stereocenters. The fourth-order valence-corrected chi connectivity index (χ4v) is 6.94. The van der Waals surface area contributed by atoms with Gasteiger partial charge in [-0.25, -0.2) is 4.68 Å². The molecule has 0 spiro atoms. The zero-order valence-electron chi connectivity index (χ0n) is 24.4. The maximum absolute atomic E-state index is 13.9. The van der Waals surface area contributed by atoms with E-state index in [9.17, 15) is 9.59 Å². The van der Waals surface area contributed by atoms with Gasteiger partial charge < -0.3 is 10.1 Å². The topological polar surface area (TPSA) is 76.5 Å². The molecule has 0 bridgehead atoms. The zero-order chi connectivity index (χ0) is 28.6. The Morgan fingerprint density at radius 1 is 1.12 bits per heavy atom. The Labute approximate surface area is 241 Å². The summed E-state index contributed by atoms with van der Waals surface area (Å²) < 4.78 is 7.60. The quantitative estimate of drug-likeness (QED) is 0.427. The van der Waals surface area contributed by atoms with Crippen molar-refractivity contribution in [2.24, 2.45) is 0 Å². The Morgan fingerprint density at radius 2 is 1.90 bits per heavy atom. The number of anilines is 1. The maximum atomic E-state index is 13.9. The van der Waals surface area contributed by atoms with Crippen LogP contribution in [0.1, 0.15) is 72.4 Å². The maximum Gasteiger partial charge on any atom is 0.240 e. The molecule has 1 fully saturated rings. The summed E-state index contributed by atoms with van der Waals surface area (Å²) in [6.45, 7) is 13.9. The number of ether oxygens (including phenoxy) is 1. The number of amides is 2. The van der Waals surface area contributed by atoms with E-state index in [0.717, 1.165) is 53.1 Å². The second-order valence-corrected chi connectivity index (χ2v) is 13.1. The van der Waals surface area contributed by atoms with Crippen LogP contribution < -0.4 is 10.2 Å². The number of hydrogen-bond donors (Lipinski definition) is 1. The number of rotatable bonds is 6. The van der Waals surface area contributed by atoms with Crippen molar-refractivity contribution in [3.63, 3.8) is 0 Å². The Kier molecular flexibility index (Phi) is 8.11. The number of fused-ring (bicyclic) bond motifs is 1. The Bertz CT molecular complexity index is 1420. The molecule has 2 aliphatic rings. The molecule has 5 rings (SSSR count). The highest BCUT2D eigenvalue weighted by Crippen LogP contribution is 2.49. The average molecular weight is 561 g/mol. The van der Waals surface area contributed by atoms with Gasteiger partial charge >= 0.3 is 0 Å². The van der Waals surface area contributed by atoms with Gasteiger partial charge in [-0.2, -0.15) is 5.10 Å². The fraction of sp³-hybridized carbons (Fsp3) is 0.469. The second-order valence-electron chi connectivity index (χ2n) is 12.0. The van der Waals surface area contributed by atoms with Gasteiger partial charge in [0.1, 0.15) is 12.4 Å². The van der Waals surface area contributed by atoms with Crippen molar-refractivity contribution in [3.8, 4) is 5.69 Å². The first-order valence-corrected chi connectivity index (χ1v) is 15.2. The lowest BCUT2D eigenvalue weighted by atomic mass is 9.86. The van der Waals surface area contributed by atoms with Crippen molar-refractivity contribution in [2.75, 3.05) is 30.3 Å². The monoisotopic (exact) mass is 560 g/mol. The Morgan fingerprint density at radius 3 is 2.58 bits per heavy atom. The molecule has 0 radical (unpaired) electrons. The van der Waals surface area contributed by atoms with Crippen molar-refractivity contribution in [2.45, 2.75) is 71.2 Å². The van der Waals surface area contributed by atoms with Gasteiger partial charge in [-0.15, -0.1) is 11.8 Å². The average Bonchev–Trinajstić information content (AvgIpc) is 3.53. The predicted octanol–water partition coefficient (Wildman–Crippen LogP) is 5.56. The predicted molar refractivity (Wildman–Crippen MR) is 162 cm³/mol. The van der Waals surface area contributed by atoms with Gasteiger partial charge in [0.2, 0.25) is 11.8 Å². The SMILES string of the molecule is Cc1ccc(-n2nc(C(C)(C)C)c3c2N(CC(=O)NC[C@@H]2CCCO2)C(=O)CS[C@H]3c2ccccc2C)c(C)c1. The van der Waals surface area contributed by atoms with Crippen LogP contribution in [0.5, 0.6) is 0 Å². The van der Waals surface area contributed by atoms with Crippen LogP contribution in [0.15, 0.2) is 42.5 Å². The number of nitrogens with one attached hydrogen (secondary N) is 1. The van der Waals surface area contributed by atoms with E-state index in [4.69, 9.17) is 9.84 Å². The highest BCUT2D eigenvalue weighted by molar-refractivity contribution is 8.00. The van der Waals surface area contributed by atoms with E-state index in [0.29, 0.717) is 12.4 Å². The van der Waals surface area contributed by atoms with E-state index < -0.39 is 0 Å². The fourth-order valence-electron chi connectivity index (χ4n) is 5.64. The lowest BCUT2D eigenvalue weighted by Gasteiger charge is -2.25. The normalized spacial score (nSPS) is 19.4. The molecule has 2 aliphatic heterocycles. The van der Waals surface area contributed by atoms with Crippen LogP contribution in [-0.4, -0.2) is 53.1 Å². The largest absolute Gasteiger partial charge is 0.376 e. The Hall–Kier alpha value is -3.10. The smallest absolute Gasteiger partial charge is 0.240 e. The zero-order valence-corrected chi connectivity index (χ0v) is 25.2. The number of thioether (sulfide) groups is 1. The van der Waals surface area contributed by atoms with Gasteiger partial charge in [-0.3, -0.25) is 14.5 Å². The molecular weight excluding hydrogens is 520 g/mol. The molecule has 3 aromatic rings. The van der Waals surface area contributed by atoms with Gasteiger partial charge in [0.05, 0.1) is 28.5 Å². The molecule has 1 aromatic heterocycles. The number of benzene rings is 2. The molecule has 1 N–H and O–H groups in total. The van der Waals surface area contributed by atoms with Crippen LogP contribution in [0.25, 0.3) is 5.69 Å². The van der Waals surface area contributed by atoms with Crippen molar-refractivity contribution < 1.29 is 14.3 Å². The van der Waals surface area contributed by atoms with Crippen molar-refractivity contribution in [1.82, 2.24) is 15.1 Å². The number of hydrogen-bond acceptors (Lipinski definition) is 5. The standard InChI is InChI=1S/C32H40N4O3S/c1-20-13-14-25(22(3)16-20)36-31-28(30(34-36)32(4,5)6)29(24-12-8-7-10-21(24)2)40-19-27(38)35(31)18-26(37)33-17-23-11-9-15-39-23/h7-8,10,12-14,16,23,29H,9,11,15,17-19H2,1-6H3,(H,33,37)/t23-,29-/m0/s1. The molecule has 0 aliphatic carbocycles. The Balaban J connectivity index is 1.68. The summed E-state index contributed by atoms with van der Waals surface area (Å²) in [6, 6.07) is 14.6. The molecule has 2 aromatic carbocycles. The van der Waals surface area contributed by atoms with Crippen LogP contribution >= 0.6 is 11.8 Å². The van der Waals surface area contributed by atoms with Crippen molar-refractivity contribution in [3.05, 3.63) is 76.0 Å². The third kappa shape index (κ3) is 5.70. The van der Waals surface area contributed by atoms with Crippen molar-refractivity contribution in [1.29, 1.82) is 0 Å². The van der Waals surface area contributed by atoms with Gasteiger partial charge in [0.15, 0.2) is 0 Å². The number of carbonyl (C=O) groups excluding carboxylic acids is 2. The number of aromatic nitrogens is 2. The van der Waals surface area contributed by atoms with Gasteiger partial charge in [-0.1, -0.05) is 62.7 Å². The first-order chi connectivity index (χ1) is 19.0. The summed E-state index contributed by atoms with van der Waals surface area (Å²) >= 11 is 1.62. The van der Waals surface area contributed by atoms with E-state index in [1.54, 1.807) is 16.7 Å². The molecule has 0 saturated carbocycles. The molecule has 3 heterocycles. The molecule has 2 amide bonds. The minimum absolute atomic E-state index is 0.0357. The first kappa shape index (κ1) is 28.4. The molecule has 1 saturated heterocycles. The lowest BCUT2D eigenvalue weighted by molar-refractivity contribution is -0.123. The highest BCUT2D eigenvalue weighted by Gasteiger charge is 2.40. The van der Waals surface area contributed by atoms with Crippen LogP contribution in [0, 0.1) is 20.8 Å². The van der Waals surface area contributed by atoms with E-state index in [2.05, 4.69) is 83.3 Å². The highest BCUT2D eigenvalue weighted by atomic mass is 32.2. The number of aryl methyl sites for hydroxylation is 3. The summed E-state index contributed by atoms with van der Waals surface area (Å²) in [6.07, 6.45) is 1.99. The van der Waals surface area contributed by atoms with E-state index >= 15 is 0 Å². The molecule has 8 heteroatoms. The van der Waals surface area contributed by atoms with Gasteiger partial charge in [-0.05, 0) is 56.4 Å². The van der Waals surface area contributed by atoms with Crippen LogP contribution in [0.4, 0.5) is 5.82 Å². The third-order valence-electron chi connectivity index (χ3n) is 7.70. The molecule has 0 unspecified atom stereocenters. The summed E-state index contributed by atoms with van der Waals surface area (Å²) in [5.41, 5.74) is 7.10. The molecule has 212 valence electrons. The van der Waals surface area contributed by atoms with Crippen molar-refractivity contribution >= 4 is 29.4 Å². The summed E-state index contributed by atoms with van der Waals surface area (Å²) in [7, 11) is 0. The summed E-state index contributed by atoms with van der Waals surface area (Å²) in [4.78, 5) is 28.8. The molecule has 40 heavy (non-hydrogen) atoms. The van der Waals surface area contributed by atoms with E-state index in [1.807, 2.05) is 10.7 Å². The third-order valence-corrected chi connectivity index (χ3v) is 8.94. The molecule has 7 nitrogen and oxygen atoms in total. The second kappa shape index (κ2) is 11.4. The molecular formula is C32H40N4O3S. The number of nitrogens with zero attached hydrogens (tertiary/aromatic N) is 3. The van der Waals surface area contributed by atoms with Crippen LogP contribution in [-0.2, 0) is 19.7 Å². The lowest BCUT2D eigenvalue weighted by Crippen LogP contribution is -2.44.